The molecule has 5 N–H and O–H groups in total. The molecule has 0 spiro atoms. The molecular weight excluding hydrogens is 759 g/mol. The van der Waals surface area contributed by atoms with Crippen LogP contribution in [0.25, 0.3) is 22.1 Å². The van der Waals surface area contributed by atoms with Crippen LogP contribution in [0.2, 0.25) is 0 Å². The first-order valence-electron chi connectivity index (χ1n) is 20.2. The van der Waals surface area contributed by atoms with Crippen molar-refractivity contribution in [1.29, 1.82) is 0 Å². The molecule has 3 fully saturated rings. The smallest absolute Gasteiger partial charge is 0.289 e. The Balaban J connectivity index is 0.000000330. The zero-order valence-electron chi connectivity index (χ0n) is 33.8. The molecule has 314 valence electrons. The molecule has 3 saturated heterocycles. The Kier molecular flexibility index (Phi) is 14.3. The minimum Gasteiger partial charge on any atom is -0.450 e. The highest BCUT2D eigenvalue weighted by Crippen LogP contribution is 2.34. The number of amides is 4. The van der Waals surface area contributed by atoms with Gasteiger partial charge in [0.25, 0.3) is 5.91 Å². The molecule has 3 aliphatic heterocycles. The number of nitrogens with zero attached hydrogens (tertiary/aromatic N) is 5. The van der Waals surface area contributed by atoms with E-state index in [0.29, 0.717) is 48.1 Å². The highest BCUT2D eigenvalue weighted by molar-refractivity contribution is 6.01. The maximum Gasteiger partial charge on any atom is 0.289 e. The lowest BCUT2D eigenvalue weighted by Gasteiger charge is -2.36. The summed E-state index contributed by atoms with van der Waals surface area (Å²) >= 11 is 0. The number of piperazine rings is 1. The van der Waals surface area contributed by atoms with Crippen molar-refractivity contribution in [3.63, 3.8) is 0 Å². The number of hydrogen-bond acceptors (Lipinski definition) is 10. The van der Waals surface area contributed by atoms with Crippen molar-refractivity contribution < 1.29 is 32.4 Å². The first-order valence-corrected chi connectivity index (χ1v) is 20.2. The summed E-state index contributed by atoms with van der Waals surface area (Å²) in [5.41, 5.74) is 9.40. The second-order valence-corrected chi connectivity index (χ2v) is 15.4. The molecule has 3 aromatic carbocycles. The largest absolute Gasteiger partial charge is 0.450 e. The third kappa shape index (κ3) is 10.8. The van der Waals surface area contributed by atoms with Crippen molar-refractivity contribution in [3.8, 4) is 11.1 Å². The summed E-state index contributed by atoms with van der Waals surface area (Å²) in [6.45, 7) is 6.37. The number of nitrogens with two attached hydrogens (primary N) is 2. The van der Waals surface area contributed by atoms with Crippen LogP contribution in [-0.4, -0.2) is 110 Å². The maximum atomic E-state index is 14.9. The number of nitrogens with one attached hydrogen (secondary N) is 1. The third-order valence-electron chi connectivity index (χ3n) is 11.1. The predicted octanol–water partition coefficient (Wildman–Crippen LogP) is 4.96. The van der Waals surface area contributed by atoms with E-state index in [9.17, 15) is 28.0 Å². The van der Waals surface area contributed by atoms with Gasteiger partial charge < -0.3 is 29.9 Å². The summed E-state index contributed by atoms with van der Waals surface area (Å²) in [5, 5.41) is 4.04. The Morgan fingerprint density at radius 1 is 0.915 bits per heavy atom. The zero-order chi connectivity index (χ0) is 42.1. The van der Waals surface area contributed by atoms with Crippen LogP contribution in [0.15, 0.2) is 77.5 Å². The lowest BCUT2D eigenvalue weighted by atomic mass is 9.89. The van der Waals surface area contributed by atoms with Crippen LogP contribution in [0.4, 0.5) is 14.5 Å². The fraction of sp³-hybridized carbons (Fsp3) is 0.409. The van der Waals surface area contributed by atoms with E-state index in [-0.39, 0.29) is 47.0 Å². The van der Waals surface area contributed by atoms with Gasteiger partial charge in [0, 0.05) is 109 Å². The summed E-state index contributed by atoms with van der Waals surface area (Å²) in [7, 11) is 3.24. The summed E-state index contributed by atoms with van der Waals surface area (Å²) in [5.74, 6) is 3.62. The number of carbonyl (C=O) groups is 4. The molecule has 4 amide bonds. The number of carbonyl (C=O) groups excluding carboxylic acids is 4. The normalized spacial score (nSPS) is 17.5. The van der Waals surface area contributed by atoms with Gasteiger partial charge >= 0.3 is 0 Å². The van der Waals surface area contributed by atoms with Crippen LogP contribution in [0.3, 0.4) is 0 Å². The van der Waals surface area contributed by atoms with Gasteiger partial charge in [0.05, 0.1) is 11.3 Å². The fourth-order valence-corrected chi connectivity index (χ4v) is 7.71. The van der Waals surface area contributed by atoms with Gasteiger partial charge in [-0.2, -0.15) is 0 Å². The van der Waals surface area contributed by atoms with E-state index >= 15 is 0 Å². The average Bonchev–Trinajstić information content (AvgIpc) is 3.70. The van der Waals surface area contributed by atoms with E-state index in [1.54, 1.807) is 38.5 Å². The molecule has 1 aromatic heterocycles. The van der Waals surface area contributed by atoms with E-state index in [1.807, 2.05) is 29.2 Å². The van der Waals surface area contributed by atoms with Gasteiger partial charge in [0.1, 0.15) is 17.2 Å². The molecule has 4 heterocycles. The van der Waals surface area contributed by atoms with Crippen LogP contribution >= 0.6 is 0 Å². The first-order chi connectivity index (χ1) is 28.4. The molecule has 0 bridgehead atoms. The van der Waals surface area contributed by atoms with Crippen molar-refractivity contribution in [2.75, 3.05) is 71.4 Å². The molecular formula is C44H54F2N8O5. The molecule has 13 nitrogen and oxygen atoms in total. The molecule has 0 aliphatic carbocycles. The number of hydrogen-bond donors (Lipinski definition) is 3. The number of fused-ring (bicyclic) bond motifs is 1. The molecule has 1 unspecified atom stereocenters. The van der Waals surface area contributed by atoms with Crippen LogP contribution < -0.4 is 21.8 Å². The van der Waals surface area contributed by atoms with E-state index < -0.39 is 11.7 Å². The van der Waals surface area contributed by atoms with E-state index in [4.69, 9.17) is 16.0 Å². The molecule has 7 rings (SSSR count). The van der Waals surface area contributed by atoms with Crippen molar-refractivity contribution in [3.05, 3.63) is 102 Å². The number of likely N-dealkylation sites (tertiary alicyclic amines) is 1. The Morgan fingerprint density at radius 2 is 1.64 bits per heavy atom. The van der Waals surface area contributed by atoms with Crippen LogP contribution in [0, 0.1) is 11.6 Å². The number of halogens is 2. The number of furan rings is 1. The number of piperidine rings is 2. The topological polar surface area (TPSA) is 162 Å². The average molecular weight is 813 g/mol. The van der Waals surface area contributed by atoms with Gasteiger partial charge in [-0.15, -0.1) is 0 Å². The second kappa shape index (κ2) is 19.8. The number of imide groups is 1. The Hall–Kier alpha value is -5.80. The minimum absolute atomic E-state index is 0.0952. The third-order valence-corrected chi connectivity index (χ3v) is 11.1. The maximum absolute atomic E-state index is 14.9. The Morgan fingerprint density at radius 3 is 2.31 bits per heavy atom. The number of anilines is 1. The SMILES string of the molecule is CN(C)C(=O)c1cc2c(F)ccc(-c3ccc(N4CCN(CCc5ccc(C6CCC(=O)NC6=O)cc5F)CC4)cc3)c2o1.N/C=C\N(N)CCC(=O)N1CCCCC1. The summed E-state index contributed by atoms with van der Waals surface area (Å²) in [4.78, 5) is 55.6. The second-order valence-electron chi connectivity index (χ2n) is 15.4. The quantitative estimate of drug-likeness (QED) is 0.107. The molecule has 3 aliphatic rings. The first kappa shape index (κ1) is 42.8. The molecule has 0 radical (unpaired) electrons. The molecule has 1 atom stereocenters. The van der Waals surface area contributed by atoms with E-state index in [1.165, 1.54) is 40.7 Å². The van der Waals surface area contributed by atoms with Crippen molar-refractivity contribution in [1.82, 2.24) is 25.0 Å². The molecule has 59 heavy (non-hydrogen) atoms. The predicted molar refractivity (Wildman–Crippen MR) is 223 cm³/mol. The zero-order valence-corrected chi connectivity index (χ0v) is 33.8. The van der Waals surface area contributed by atoms with Gasteiger partial charge in [-0.3, -0.25) is 29.4 Å². The molecule has 4 aromatic rings. The van der Waals surface area contributed by atoms with Gasteiger partial charge in [-0.1, -0.05) is 24.3 Å². The molecule has 0 saturated carbocycles. The number of hydrazine groups is 1. The highest BCUT2D eigenvalue weighted by Gasteiger charge is 2.29. The van der Waals surface area contributed by atoms with Crippen molar-refractivity contribution in [2.24, 2.45) is 11.6 Å². The lowest BCUT2D eigenvalue weighted by molar-refractivity contribution is -0.134. The highest BCUT2D eigenvalue weighted by atomic mass is 19.1. The summed E-state index contributed by atoms with van der Waals surface area (Å²) in [6, 6.07) is 17.5. The van der Waals surface area contributed by atoms with Gasteiger partial charge in [0.15, 0.2) is 5.76 Å². The van der Waals surface area contributed by atoms with Crippen molar-refractivity contribution in [2.45, 2.75) is 50.9 Å². The number of benzene rings is 3. The lowest BCUT2D eigenvalue weighted by Crippen LogP contribution is -2.47. The van der Waals surface area contributed by atoms with E-state index in [2.05, 4.69) is 15.1 Å². The Bertz CT molecular complexity index is 2140. The standard InChI is InChI=1S/C34H34F2N4O4.C10H20N4O/c1-38(2)34(43)30-20-27-28(35)11-9-25(32(27)44-30)21-5-7-24(8-6-21)40-17-15-39(16-18-40)14-13-22-3-4-23(19-29(22)36)26-10-12-31(41)37-33(26)42;11-5-9-14(12)8-4-10(15)13-6-2-1-3-7-13/h3-9,11,19-20,26H,10,12-18H2,1-2H3,(H,37,41,42);5,9H,1-4,6-8,11-12H2/b;9-5-. The van der Waals surface area contributed by atoms with E-state index in [0.717, 1.165) is 69.9 Å². The monoisotopic (exact) mass is 812 g/mol. The summed E-state index contributed by atoms with van der Waals surface area (Å²) in [6.07, 6.45) is 8.10. The number of rotatable bonds is 11. The van der Waals surface area contributed by atoms with Crippen LogP contribution in [0.1, 0.15) is 66.1 Å². The van der Waals surface area contributed by atoms with Crippen LogP contribution in [0.5, 0.6) is 0 Å². The van der Waals surface area contributed by atoms with Crippen molar-refractivity contribution >= 4 is 40.3 Å². The van der Waals surface area contributed by atoms with Crippen LogP contribution in [-0.2, 0) is 20.8 Å². The molecule has 15 heteroatoms. The fourth-order valence-electron chi connectivity index (χ4n) is 7.71. The Labute approximate surface area is 343 Å². The minimum atomic E-state index is -0.494. The van der Waals surface area contributed by atoms with Gasteiger partial charge in [-0.05, 0) is 79.1 Å². The summed E-state index contributed by atoms with van der Waals surface area (Å²) < 4.78 is 35.3. The van der Waals surface area contributed by atoms with Gasteiger partial charge in [0.2, 0.25) is 17.7 Å². The van der Waals surface area contributed by atoms with Gasteiger partial charge in [-0.25, -0.2) is 14.6 Å².